The second kappa shape index (κ2) is 11.1. The van der Waals surface area contributed by atoms with Crippen molar-refractivity contribution in [3.05, 3.63) is 54.0 Å². The number of anilines is 1. The molecule has 2 aliphatic heterocycles. The Morgan fingerprint density at radius 3 is 2.58 bits per heavy atom. The zero-order chi connectivity index (χ0) is 28.8. The Morgan fingerprint density at radius 2 is 1.93 bits per heavy atom. The Labute approximate surface area is 235 Å². The molecule has 1 fully saturated rings. The Bertz CT molecular complexity index is 1410. The van der Waals surface area contributed by atoms with E-state index in [0.717, 1.165) is 17.4 Å². The summed E-state index contributed by atoms with van der Waals surface area (Å²) in [5, 5.41) is 10.7. The molecule has 11 nitrogen and oxygen atoms in total. The van der Waals surface area contributed by atoms with Crippen molar-refractivity contribution in [3.8, 4) is 0 Å². The van der Waals surface area contributed by atoms with Crippen LogP contribution in [0.25, 0.3) is 11.0 Å². The molecule has 13 heteroatoms. The molecule has 1 amide bonds. The molecule has 216 valence electrons. The maximum Gasteiger partial charge on any atom is 0.317 e. The second-order valence-electron chi connectivity index (χ2n) is 11.8. The van der Waals surface area contributed by atoms with E-state index in [4.69, 9.17) is 13.7 Å². The van der Waals surface area contributed by atoms with Crippen molar-refractivity contribution < 1.29 is 33.0 Å². The van der Waals surface area contributed by atoms with Crippen LogP contribution in [0.3, 0.4) is 0 Å². The molecule has 1 saturated heterocycles. The molecule has 5 atom stereocenters. The third-order valence-corrected chi connectivity index (χ3v) is 13.2. The third-order valence-electron chi connectivity index (χ3n) is 8.23. The average molecular weight is 589 g/mol. The van der Waals surface area contributed by atoms with E-state index in [0.29, 0.717) is 30.0 Å². The standard InChI is InChI=1S/C27H37N4O7PSi/c1-27(2,3)40(4,5)38-22-21(37-39(34)35)19(15-32)36-26(22)31-14-18-12-9-13-30(23-20(18)24(31)29-16-28-23)25(33)17-10-7-6-8-11-17/h6-8,10-11,14,16,19,21-22,26,32,39H,9,12-13,15H2,1-5H3,(H,34,35)/t19-,21-,22-,26-/m1/s1. The van der Waals surface area contributed by atoms with Crippen LogP contribution in [0.5, 0.6) is 0 Å². The van der Waals surface area contributed by atoms with E-state index >= 15 is 0 Å². The lowest BCUT2D eigenvalue weighted by atomic mass is 10.1. The number of ether oxygens (including phenoxy) is 1. The summed E-state index contributed by atoms with van der Waals surface area (Å²) in [5.74, 6) is 0.385. The molecule has 40 heavy (non-hydrogen) atoms. The van der Waals surface area contributed by atoms with E-state index in [9.17, 15) is 19.4 Å². The summed E-state index contributed by atoms with van der Waals surface area (Å²) in [4.78, 5) is 34.1. The second-order valence-corrected chi connectivity index (χ2v) is 17.3. The summed E-state index contributed by atoms with van der Waals surface area (Å²) in [6.07, 6.45) is 1.35. The number of aliphatic hydroxyl groups excluding tert-OH is 1. The summed E-state index contributed by atoms with van der Waals surface area (Å²) >= 11 is 0. The molecular weight excluding hydrogens is 551 g/mol. The van der Waals surface area contributed by atoms with Crippen molar-refractivity contribution in [3.63, 3.8) is 0 Å². The van der Waals surface area contributed by atoms with Gasteiger partial charge in [-0.25, -0.2) is 9.97 Å². The number of carbonyl (C=O) groups excluding carboxylic acids is 1. The van der Waals surface area contributed by atoms with Crippen molar-refractivity contribution in [2.45, 2.75) is 76.3 Å². The molecule has 4 heterocycles. The normalized spacial score (nSPS) is 24.3. The van der Waals surface area contributed by atoms with E-state index in [1.165, 1.54) is 6.33 Å². The number of amides is 1. The lowest BCUT2D eigenvalue weighted by Gasteiger charge is -2.40. The molecule has 1 unspecified atom stereocenters. The van der Waals surface area contributed by atoms with Crippen LogP contribution in [-0.2, 0) is 24.7 Å². The van der Waals surface area contributed by atoms with E-state index in [-0.39, 0.29) is 10.9 Å². The fourth-order valence-electron chi connectivity index (χ4n) is 5.18. The summed E-state index contributed by atoms with van der Waals surface area (Å²) in [7, 11) is -5.79. The highest BCUT2D eigenvalue weighted by Gasteiger charge is 2.52. The molecule has 0 saturated carbocycles. The van der Waals surface area contributed by atoms with Crippen molar-refractivity contribution in [2.75, 3.05) is 18.1 Å². The molecule has 3 aromatic rings. The quantitative estimate of drug-likeness (QED) is 0.309. The Kier molecular flexibility index (Phi) is 8.06. The number of nitrogens with zero attached hydrogens (tertiary/aromatic N) is 4. The Balaban J connectivity index is 1.61. The van der Waals surface area contributed by atoms with Gasteiger partial charge in [-0.2, -0.15) is 0 Å². The minimum Gasteiger partial charge on any atom is -0.407 e. The average Bonchev–Trinajstić information content (AvgIpc) is 3.36. The molecule has 2 aromatic heterocycles. The van der Waals surface area contributed by atoms with Gasteiger partial charge < -0.3 is 28.3 Å². The first-order valence-electron chi connectivity index (χ1n) is 13.5. The highest BCUT2D eigenvalue weighted by Crippen LogP contribution is 2.45. The highest BCUT2D eigenvalue weighted by atomic mass is 31.1. The maximum atomic E-state index is 13.5. The third kappa shape index (κ3) is 5.29. The van der Waals surface area contributed by atoms with Crippen LogP contribution >= 0.6 is 8.25 Å². The van der Waals surface area contributed by atoms with Crippen LogP contribution in [0.4, 0.5) is 5.82 Å². The predicted molar refractivity (Wildman–Crippen MR) is 153 cm³/mol. The van der Waals surface area contributed by atoms with E-state index < -0.39 is 47.7 Å². The molecule has 2 N–H and O–H groups in total. The fraction of sp³-hybridized carbons (Fsp3) is 0.519. The smallest absolute Gasteiger partial charge is 0.317 e. The first-order valence-corrected chi connectivity index (χ1v) is 17.6. The minimum atomic E-state index is -3.36. The van der Waals surface area contributed by atoms with Crippen molar-refractivity contribution in [2.24, 2.45) is 0 Å². The van der Waals surface area contributed by atoms with Crippen LogP contribution < -0.4 is 4.90 Å². The largest absolute Gasteiger partial charge is 0.407 e. The van der Waals surface area contributed by atoms with Crippen LogP contribution in [-0.4, -0.2) is 70.2 Å². The fourth-order valence-corrected chi connectivity index (χ4v) is 6.98. The monoisotopic (exact) mass is 588 g/mol. The predicted octanol–water partition coefficient (Wildman–Crippen LogP) is 4.07. The topological polar surface area (TPSA) is 136 Å². The van der Waals surface area contributed by atoms with Crippen LogP contribution in [0.15, 0.2) is 42.9 Å². The van der Waals surface area contributed by atoms with E-state index in [1.807, 2.05) is 29.0 Å². The van der Waals surface area contributed by atoms with Gasteiger partial charge in [0.15, 0.2) is 14.5 Å². The highest BCUT2D eigenvalue weighted by molar-refractivity contribution is 7.32. The lowest BCUT2D eigenvalue weighted by molar-refractivity contribution is -0.0485. The first-order chi connectivity index (χ1) is 18.9. The van der Waals surface area contributed by atoms with Crippen LogP contribution in [0, 0.1) is 0 Å². The number of aryl methyl sites for hydroxylation is 1. The Morgan fingerprint density at radius 1 is 1.20 bits per heavy atom. The van der Waals surface area contributed by atoms with Crippen molar-refractivity contribution in [1.82, 2.24) is 14.5 Å². The molecule has 1 aromatic carbocycles. The molecular formula is C27H37N4O7PSi. The van der Waals surface area contributed by atoms with E-state index in [1.54, 1.807) is 17.0 Å². The number of rotatable bonds is 7. The molecule has 0 radical (unpaired) electrons. The van der Waals surface area contributed by atoms with Gasteiger partial charge in [0.1, 0.15) is 36.1 Å². The number of aromatic nitrogens is 3. The SMILES string of the molecule is CC(C)(C)[Si](C)(C)O[C@@H]1[C@H](O[PH](=O)O)[C@@H](CO)O[C@H]1n1cc2c3c(ncnc31)N(C(=O)c1ccccc1)CCC2. The number of hydrogen-bond acceptors (Lipinski definition) is 8. The molecule has 2 aliphatic rings. The van der Waals surface area contributed by atoms with Gasteiger partial charge in [-0.3, -0.25) is 14.3 Å². The van der Waals surface area contributed by atoms with Gasteiger partial charge in [0, 0.05) is 18.3 Å². The summed E-state index contributed by atoms with van der Waals surface area (Å²) in [5.41, 5.74) is 2.09. The van der Waals surface area contributed by atoms with Gasteiger partial charge in [-0.05, 0) is 48.7 Å². The number of hydrogen-bond donors (Lipinski definition) is 2. The summed E-state index contributed by atoms with van der Waals surface area (Å²) in [6, 6.07) is 9.11. The van der Waals surface area contributed by atoms with Crippen LogP contribution in [0.2, 0.25) is 18.1 Å². The molecule has 0 bridgehead atoms. The number of benzene rings is 1. The van der Waals surface area contributed by atoms with Crippen molar-refractivity contribution >= 4 is 39.3 Å². The molecule has 5 rings (SSSR count). The number of carbonyl (C=O) groups is 1. The van der Waals surface area contributed by atoms with Gasteiger partial charge in [0.05, 0.1) is 12.0 Å². The summed E-state index contributed by atoms with van der Waals surface area (Å²) in [6.45, 7) is 10.6. The van der Waals surface area contributed by atoms with Gasteiger partial charge in [-0.1, -0.05) is 39.0 Å². The first kappa shape index (κ1) is 29.1. The van der Waals surface area contributed by atoms with Crippen molar-refractivity contribution in [1.29, 1.82) is 0 Å². The van der Waals surface area contributed by atoms with Gasteiger partial charge >= 0.3 is 8.25 Å². The van der Waals surface area contributed by atoms with Gasteiger partial charge in [0.2, 0.25) is 0 Å². The lowest BCUT2D eigenvalue weighted by Crippen LogP contribution is -2.49. The Hall–Kier alpha value is -2.44. The maximum absolute atomic E-state index is 13.5. The van der Waals surface area contributed by atoms with E-state index in [2.05, 4.69) is 43.8 Å². The summed E-state index contributed by atoms with van der Waals surface area (Å²) < 4.78 is 32.2. The molecule has 0 aliphatic carbocycles. The van der Waals surface area contributed by atoms with Gasteiger partial charge in [0.25, 0.3) is 5.91 Å². The minimum absolute atomic E-state index is 0.140. The van der Waals surface area contributed by atoms with Gasteiger partial charge in [-0.15, -0.1) is 0 Å². The number of aliphatic hydroxyl groups is 1. The zero-order valence-corrected chi connectivity index (χ0v) is 25.4. The zero-order valence-electron chi connectivity index (χ0n) is 23.4. The molecule has 0 spiro atoms. The van der Waals surface area contributed by atoms with Crippen LogP contribution in [0.1, 0.15) is 49.3 Å².